The van der Waals surface area contributed by atoms with Crippen molar-refractivity contribution >= 4 is 65.0 Å². The fraction of sp³-hybridized carbons (Fsp3) is 0.744. The highest BCUT2D eigenvalue weighted by Gasteiger charge is 2.40. The van der Waals surface area contributed by atoms with Gasteiger partial charge in [-0.15, -0.1) is 0 Å². The molecule has 16 N–H and O–H groups in total. The molecule has 0 aromatic carbocycles. The third-order valence-electron chi connectivity index (χ3n) is 10.7. The maximum Gasteiger partial charge on any atom is 0.326 e. The van der Waals surface area contributed by atoms with Crippen molar-refractivity contribution in [3.05, 3.63) is 0 Å². The molecule has 0 bridgehead atoms. The van der Waals surface area contributed by atoms with Gasteiger partial charge in [-0.2, -0.15) is 0 Å². The van der Waals surface area contributed by atoms with Gasteiger partial charge in [-0.1, -0.05) is 41.5 Å². The van der Waals surface area contributed by atoms with Crippen LogP contribution in [0.25, 0.3) is 0 Å². The molecule has 0 spiro atoms. The molecule has 10 amide bonds. The summed E-state index contributed by atoms with van der Waals surface area (Å²) in [5.74, 6) is -10.3. The summed E-state index contributed by atoms with van der Waals surface area (Å²) in [6.45, 7) is 12.3. The van der Waals surface area contributed by atoms with Gasteiger partial charge in [0.1, 0.15) is 42.3 Å². The Morgan fingerprint density at radius 3 is 1.51 bits per heavy atom. The summed E-state index contributed by atoms with van der Waals surface area (Å²) < 4.78 is 0. The Hall–Kier alpha value is -5.95. The average Bonchev–Trinajstić information content (AvgIpc) is 3.72. The highest BCUT2D eigenvalue weighted by molar-refractivity contribution is 5.98. The van der Waals surface area contributed by atoms with Crippen molar-refractivity contribution in [2.24, 2.45) is 35.0 Å². The van der Waals surface area contributed by atoms with Crippen molar-refractivity contribution in [2.45, 2.75) is 174 Å². The number of carboxylic acids is 1. The summed E-state index contributed by atoms with van der Waals surface area (Å²) in [6, 6.07) is -10.9. The number of aliphatic hydroxyl groups excluding tert-OH is 2. The van der Waals surface area contributed by atoms with E-state index in [1.165, 1.54) is 4.90 Å². The largest absolute Gasteiger partial charge is 0.480 e. The molecule has 1 rings (SSSR count). The number of aliphatic hydroxyl groups is 2. The second kappa shape index (κ2) is 29.1. The summed E-state index contributed by atoms with van der Waals surface area (Å²) in [5, 5.41) is 46.8. The van der Waals surface area contributed by atoms with Crippen LogP contribution in [0.5, 0.6) is 0 Å². The lowest BCUT2D eigenvalue weighted by molar-refractivity contribution is -0.143. The normalized spacial score (nSPS) is 17.6. The van der Waals surface area contributed by atoms with E-state index in [0.717, 1.165) is 13.8 Å². The van der Waals surface area contributed by atoms with E-state index in [9.17, 15) is 68.1 Å². The van der Waals surface area contributed by atoms with Gasteiger partial charge in [0.25, 0.3) is 0 Å². The van der Waals surface area contributed by atoms with Crippen LogP contribution < -0.4 is 54.4 Å². The van der Waals surface area contributed by atoms with E-state index >= 15 is 0 Å². The summed E-state index contributed by atoms with van der Waals surface area (Å²) in [5.41, 5.74) is 16.7. The topological polar surface area (TPSA) is 414 Å². The standard InChI is InChI=1S/C43H75N11O14/c1-20(2)16-25(44)36(60)48-27(12-14-32(46)58)38(62)50-28(17-21(3)4)42(66)54-15-9-10-30(54)39(63)49-26(11-13-31(45)57)37(61)47-19-33(59)52-34(23(7)55)41(65)53-35(24(8)56)40(64)51-29(43(67)68)18-22(5)6/h20-30,34-35,55-56H,9-19,44H2,1-8H3,(H2,45,57)(H2,46,58)(H,47,61)(H,48,60)(H,49,63)(H,50,62)(H,51,64)(H,52,59)(H,53,65)(H,67,68)/t23-,24-,25+,26+,27+,28+,29+,30+,34+,35+/m1/s1. The van der Waals surface area contributed by atoms with Crippen molar-refractivity contribution in [3.63, 3.8) is 0 Å². The summed E-state index contributed by atoms with van der Waals surface area (Å²) in [4.78, 5) is 144. The molecule has 10 atom stereocenters. The Labute approximate surface area is 396 Å². The van der Waals surface area contributed by atoms with Crippen LogP contribution in [0.2, 0.25) is 0 Å². The van der Waals surface area contributed by atoms with Gasteiger partial charge in [-0.25, -0.2) is 4.79 Å². The molecule has 1 saturated heterocycles. The predicted molar refractivity (Wildman–Crippen MR) is 244 cm³/mol. The van der Waals surface area contributed by atoms with Crippen LogP contribution in [-0.4, -0.2) is 159 Å². The first kappa shape index (κ1) is 60.1. The van der Waals surface area contributed by atoms with Crippen LogP contribution in [0.15, 0.2) is 0 Å². The number of hydrogen-bond acceptors (Lipinski definition) is 14. The van der Waals surface area contributed by atoms with Gasteiger partial charge >= 0.3 is 5.97 Å². The maximum atomic E-state index is 14.2. The third kappa shape index (κ3) is 21.3. The molecule has 0 aliphatic carbocycles. The second-order valence-corrected chi connectivity index (χ2v) is 18.5. The first-order chi connectivity index (χ1) is 31.5. The minimum absolute atomic E-state index is 0.0355. The number of nitrogens with two attached hydrogens (primary N) is 3. The molecule has 25 nitrogen and oxygen atoms in total. The minimum atomic E-state index is -1.76. The number of hydrogen-bond donors (Lipinski definition) is 13. The molecule has 386 valence electrons. The van der Waals surface area contributed by atoms with Gasteiger partial charge in [-0.05, 0) is 76.5 Å². The van der Waals surface area contributed by atoms with Gasteiger partial charge in [0.05, 0.1) is 24.8 Å². The van der Waals surface area contributed by atoms with E-state index in [2.05, 4.69) is 37.2 Å². The molecule has 0 saturated carbocycles. The maximum absolute atomic E-state index is 14.2. The van der Waals surface area contributed by atoms with Crippen molar-refractivity contribution < 1.29 is 68.1 Å². The molecule has 0 unspecified atom stereocenters. The first-order valence-corrected chi connectivity index (χ1v) is 22.9. The van der Waals surface area contributed by atoms with E-state index in [-0.39, 0.29) is 62.8 Å². The summed E-state index contributed by atoms with van der Waals surface area (Å²) >= 11 is 0. The molecular formula is C43H75N11O14. The Kier molecular flexibility index (Phi) is 25.7. The molecule has 0 aromatic rings. The Bertz CT molecular complexity index is 1790. The van der Waals surface area contributed by atoms with E-state index in [4.69, 9.17) is 17.2 Å². The van der Waals surface area contributed by atoms with Gasteiger partial charge in [0, 0.05) is 19.4 Å². The van der Waals surface area contributed by atoms with Crippen molar-refractivity contribution in [1.82, 2.24) is 42.1 Å². The lowest BCUT2D eigenvalue weighted by Crippen LogP contribution is -2.61. The van der Waals surface area contributed by atoms with Crippen LogP contribution in [0, 0.1) is 17.8 Å². The van der Waals surface area contributed by atoms with Crippen molar-refractivity contribution in [3.8, 4) is 0 Å². The Morgan fingerprint density at radius 2 is 1.03 bits per heavy atom. The number of carbonyl (C=O) groups excluding carboxylic acids is 10. The third-order valence-corrected chi connectivity index (χ3v) is 10.7. The molecule has 25 heteroatoms. The Balaban J connectivity index is 3.20. The number of likely N-dealkylation sites (tertiary alicyclic amines) is 1. The van der Waals surface area contributed by atoms with Crippen LogP contribution in [0.1, 0.15) is 113 Å². The van der Waals surface area contributed by atoms with Crippen LogP contribution in [-0.2, 0) is 52.7 Å². The zero-order chi connectivity index (χ0) is 52.2. The number of carboxylic acid groups (broad SMARTS) is 1. The molecule has 68 heavy (non-hydrogen) atoms. The van der Waals surface area contributed by atoms with Gasteiger partial charge in [0.15, 0.2) is 0 Å². The minimum Gasteiger partial charge on any atom is -0.480 e. The number of primary amides is 2. The summed E-state index contributed by atoms with van der Waals surface area (Å²) in [7, 11) is 0. The highest BCUT2D eigenvalue weighted by Crippen LogP contribution is 2.21. The number of rotatable bonds is 30. The van der Waals surface area contributed by atoms with Gasteiger partial charge < -0.3 is 74.6 Å². The monoisotopic (exact) mass is 970 g/mol. The van der Waals surface area contributed by atoms with E-state index < -0.39 is 139 Å². The van der Waals surface area contributed by atoms with E-state index in [1.54, 1.807) is 27.7 Å². The highest BCUT2D eigenvalue weighted by atomic mass is 16.4. The summed E-state index contributed by atoms with van der Waals surface area (Å²) in [6.07, 6.45) is -3.43. The van der Waals surface area contributed by atoms with Crippen molar-refractivity contribution in [1.29, 1.82) is 0 Å². The average molecular weight is 970 g/mol. The quantitative estimate of drug-likeness (QED) is 0.0325. The SMILES string of the molecule is CC(C)C[C@H](NC(=O)[C@@H](NC(=O)[C@@H](NC(=O)CNC(=O)[C@H](CCC(N)=O)NC(=O)[C@@H]1CCCN1C(=O)[C@H](CC(C)C)NC(=O)[C@H](CCC(N)=O)NC(=O)[C@@H](N)CC(C)C)[C@@H](C)O)[C@@H](C)O)C(=O)O. The van der Waals surface area contributed by atoms with Gasteiger partial charge in [-0.3, -0.25) is 47.9 Å². The van der Waals surface area contributed by atoms with E-state index in [0.29, 0.717) is 12.8 Å². The number of carbonyl (C=O) groups is 11. The molecule has 1 fully saturated rings. The lowest BCUT2D eigenvalue weighted by atomic mass is 10.0. The zero-order valence-electron chi connectivity index (χ0n) is 40.3. The number of aliphatic carboxylic acids is 1. The van der Waals surface area contributed by atoms with E-state index in [1.807, 2.05) is 13.8 Å². The fourth-order valence-electron chi connectivity index (χ4n) is 7.26. The van der Waals surface area contributed by atoms with Crippen LogP contribution >= 0.6 is 0 Å². The second-order valence-electron chi connectivity index (χ2n) is 18.5. The Morgan fingerprint density at radius 1 is 0.574 bits per heavy atom. The van der Waals surface area contributed by atoms with Crippen LogP contribution in [0.3, 0.4) is 0 Å². The molecule has 0 radical (unpaired) electrons. The first-order valence-electron chi connectivity index (χ1n) is 22.9. The van der Waals surface area contributed by atoms with Crippen molar-refractivity contribution in [2.75, 3.05) is 13.1 Å². The molecule has 1 aliphatic heterocycles. The number of amides is 10. The smallest absolute Gasteiger partial charge is 0.326 e. The fourth-order valence-corrected chi connectivity index (χ4v) is 7.26. The lowest BCUT2D eigenvalue weighted by Gasteiger charge is -2.31. The predicted octanol–water partition coefficient (Wildman–Crippen LogP) is -4.15. The zero-order valence-corrected chi connectivity index (χ0v) is 40.3. The molecule has 1 aliphatic rings. The number of nitrogens with one attached hydrogen (secondary N) is 7. The number of nitrogens with zero attached hydrogens (tertiary/aromatic N) is 1. The molecule has 0 aromatic heterocycles. The molecule has 1 heterocycles. The molecular weight excluding hydrogens is 895 g/mol. The van der Waals surface area contributed by atoms with Gasteiger partial charge in [0.2, 0.25) is 59.1 Å². The van der Waals surface area contributed by atoms with Crippen LogP contribution in [0.4, 0.5) is 0 Å².